The zero-order valence-corrected chi connectivity index (χ0v) is 12.2. The van der Waals surface area contributed by atoms with Crippen molar-refractivity contribution in [2.75, 3.05) is 13.6 Å². The molecule has 0 amide bonds. The van der Waals surface area contributed by atoms with Crippen molar-refractivity contribution in [3.63, 3.8) is 0 Å². The average molecular weight is 298 g/mol. The molecular weight excluding hydrogens is 277 g/mol. The van der Waals surface area contributed by atoms with Gasteiger partial charge in [0.2, 0.25) is 0 Å². The summed E-state index contributed by atoms with van der Waals surface area (Å²) in [5.74, 6) is -3.02. The molecule has 0 radical (unpaired) electrons. The number of nitrogens with zero attached hydrogens (tertiary/aromatic N) is 1. The number of fused-ring (bicyclic) bond motifs is 2. The maximum absolute atomic E-state index is 13.1. The first-order chi connectivity index (χ1) is 10.0. The molecule has 2 fully saturated rings. The van der Waals surface area contributed by atoms with Crippen molar-refractivity contribution < 1.29 is 13.2 Å². The van der Waals surface area contributed by atoms with Crippen LogP contribution in [0.4, 0.5) is 13.2 Å². The maximum atomic E-state index is 13.1. The smallest absolute Gasteiger partial charge is 0.194 e. The van der Waals surface area contributed by atoms with E-state index in [2.05, 4.69) is 17.3 Å². The van der Waals surface area contributed by atoms with Crippen LogP contribution in [0.1, 0.15) is 31.2 Å². The summed E-state index contributed by atoms with van der Waals surface area (Å²) in [5, 5.41) is 3.25. The molecule has 2 nitrogen and oxygen atoms in total. The first-order valence-electron chi connectivity index (χ1n) is 7.60. The molecule has 1 aromatic rings. The summed E-state index contributed by atoms with van der Waals surface area (Å²) >= 11 is 0. The van der Waals surface area contributed by atoms with E-state index in [1.165, 1.54) is 25.7 Å². The Morgan fingerprint density at radius 1 is 1.10 bits per heavy atom. The Balaban J connectivity index is 1.51. The summed E-state index contributed by atoms with van der Waals surface area (Å²) in [7, 11) is 2.20. The van der Waals surface area contributed by atoms with Gasteiger partial charge in [0.15, 0.2) is 17.5 Å². The number of rotatable bonds is 4. The van der Waals surface area contributed by atoms with Gasteiger partial charge in [0.05, 0.1) is 0 Å². The van der Waals surface area contributed by atoms with E-state index in [0.29, 0.717) is 30.1 Å². The summed E-state index contributed by atoms with van der Waals surface area (Å²) in [4.78, 5) is 2.49. The molecule has 2 aliphatic rings. The number of benzene rings is 1. The Hall–Kier alpha value is -1.07. The second kappa shape index (κ2) is 5.97. The number of nitrogens with one attached hydrogen (secondary N) is 1. The lowest BCUT2D eigenvalue weighted by Crippen LogP contribution is -2.42. The number of hydrogen-bond donors (Lipinski definition) is 1. The van der Waals surface area contributed by atoms with E-state index in [4.69, 9.17) is 0 Å². The molecule has 116 valence electrons. The molecule has 0 spiro atoms. The van der Waals surface area contributed by atoms with Crippen molar-refractivity contribution in [1.82, 2.24) is 10.2 Å². The van der Waals surface area contributed by atoms with Crippen LogP contribution in [0.25, 0.3) is 0 Å². The summed E-state index contributed by atoms with van der Waals surface area (Å²) in [6, 6.07) is 3.50. The third-order valence-corrected chi connectivity index (χ3v) is 5.00. The number of halogens is 3. The van der Waals surface area contributed by atoms with Gasteiger partial charge in [0.25, 0.3) is 0 Å². The second-order valence-corrected chi connectivity index (χ2v) is 6.39. The Kier molecular flexibility index (Phi) is 4.22. The number of hydrogen-bond acceptors (Lipinski definition) is 2. The lowest BCUT2D eigenvalue weighted by atomic mass is 9.91. The fraction of sp³-hybridized carbons (Fsp3) is 0.625. The molecule has 5 heteroatoms. The van der Waals surface area contributed by atoms with Crippen LogP contribution < -0.4 is 5.32 Å². The molecule has 21 heavy (non-hydrogen) atoms. The summed E-state index contributed by atoms with van der Waals surface area (Å²) < 4.78 is 39.1. The molecule has 1 aromatic carbocycles. The summed E-state index contributed by atoms with van der Waals surface area (Å²) in [6.07, 6.45) is 4.94. The van der Waals surface area contributed by atoms with Crippen LogP contribution in [-0.4, -0.2) is 30.6 Å². The van der Waals surface area contributed by atoms with Crippen LogP contribution >= 0.6 is 0 Å². The fourth-order valence-electron chi connectivity index (χ4n) is 3.82. The van der Waals surface area contributed by atoms with Crippen molar-refractivity contribution in [3.05, 3.63) is 35.1 Å². The van der Waals surface area contributed by atoms with Crippen molar-refractivity contribution in [2.45, 2.75) is 44.3 Å². The molecule has 2 unspecified atom stereocenters. The van der Waals surface area contributed by atoms with Gasteiger partial charge in [-0.15, -0.1) is 0 Å². The van der Waals surface area contributed by atoms with Crippen LogP contribution in [0.15, 0.2) is 12.1 Å². The van der Waals surface area contributed by atoms with Gasteiger partial charge in [0, 0.05) is 18.6 Å². The minimum absolute atomic E-state index is 0.371. The van der Waals surface area contributed by atoms with E-state index in [1.807, 2.05) is 0 Å². The zero-order chi connectivity index (χ0) is 15.0. The lowest BCUT2D eigenvalue weighted by Gasteiger charge is -2.36. The Bertz CT molecular complexity index is 483. The molecule has 2 aliphatic heterocycles. The van der Waals surface area contributed by atoms with E-state index in [9.17, 15) is 13.2 Å². The van der Waals surface area contributed by atoms with Crippen LogP contribution in [-0.2, 0) is 6.54 Å². The van der Waals surface area contributed by atoms with Gasteiger partial charge in [0.1, 0.15) is 0 Å². The third-order valence-electron chi connectivity index (χ3n) is 5.00. The van der Waals surface area contributed by atoms with Gasteiger partial charge in [-0.25, -0.2) is 13.2 Å². The minimum Gasteiger partial charge on any atom is -0.312 e. The minimum atomic E-state index is -1.40. The summed E-state index contributed by atoms with van der Waals surface area (Å²) in [5.41, 5.74) is 0.447. The molecule has 3 rings (SSSR count). The topological polar surface area (TPSA) is 15.3 Å². The first-order valence-corrected chi connectivity index (χ1v) is 7.60. The Labute approximate surface area is 123 Å². The van der Waals surface area contributed by atoms with E-state index in [1.54, 1.807) is 0 Å². The van der Waals surface area contributed by atoms with E-state index < -0.39 is 17.5 Å². The van der Waals surface area contributed by atoms with E-state index in [-0.39, 0.29) is 0 Å². The van der Waals surface area contributed by atoms with Crippen molar-refractivity contribution >= 4 is 0 Å². The van der Waals surface area contributed by atoms with E-state index >= 15 is 0 Å². The second-order valence-electron chi connectivity index (χ2n) is 6.39. The quantitative estimate of drug-likeness (QED) is 0.860. The van der Waals surface area contributed by atoms with Gasteiger partial charge in [-0.1, -0.05) is 0 Å². The highest BCUT2D eigenvalue weighted by Crippen LogP contribution is 2.37. The molecule has 2 heterocycles. The van der Waals surface area contributed by atoms with Crippen LogP contribution in [0.3, 0.4) is 0 Å². The molecule has 0 aromatic heterocycles. The largest absolute Gasteiger partial charge is 0.312 e. The Morgan fingerprint density at radius 3 is 2.24 bits per heavy atom. The van der Waals surface area contributed by atoms with Gasteiger partial charge in [-0.3, -0.25) is 0 Å². The van der Waals surface area contributed by atoms with E-state index in [0.717, 1.165) is 18.7 Å². The standard InChI is InChI=1S/C16H21F3N2/c1-21-12-2-3-13(21)5-10(4-12)8-20-9-11-6-14(17)16(19)15(18)7-11/h6-7,10,12-13,20H,2-5,8-9H2,1H3. The molecule has 1 N–H and O–H groups in total. The van der Waals surface area contributed by atoms with Crippen LogP contribution in [0, 0.1) is 23.4 Å². The molecule has 2 bridgehead atoms. The van der Waals surface area contributed by atoms with Crippen LogP contribution in [0.5, 0.6) is 0 Å². The molecular formula is C16H21F3N2. The molecule has 2 atom stereocenters. The van der Waals surface area contributed by atoms with Crippen molar-refractivity contribution in [2.24, 2.45) is 5.92 Å². The highest BCUT2D eigenvalue weighted by molar-refractivity contribution is 5.19. The van der Waals surface area contributed by atoms with Gasteiger partial charge in [-0.05, 0) is 62.9 Å². The van der Waals surface area contributed by atoms with Gasteiger partial charge >= 0.3 is 0 Å². The third kappa shape index (κ3) is 3.09. The monoisotopic (exact) mass is 298 g/mol. The predicted molar refractivity (Wildman–Crippen MR) is 75.3 cm³/mol. The highest BCUT2D eigenvalue weighted by Gasteiger charge is 2.37. The van der Waals surface area contributed by atoms with Gasteiger partial charge in [-0.2, -0.15) is 0 Å². The highest BCUT2D eigenvalue weighted by atomic mass is 19.2. The molecule has 2 saturated heterocycles. The average Bonchev–Trinajstić information content (AvgIpc) is 2.67. The van der Waals surface area contributed by atoms with Gasteiger partial charge < -0.3 is 10.2 Å². The van der Waals surface area contributed by atoms with Crippen LogP contribution in [0.2, 0.25) is 0 Å². The Morgan fingerprint density at radius 2 is 1.67 bits per heavy atom. The SMILES string of the molecule is CN1C2CCC1CC(CNCc1cc(F)c(F)c(F)c1)C2. The first kappa shape index (κ1) is 14.9. The van der Waals surface area contributed by atoms with Crippen molar-refractivity contribution in [1.29, 1.82) is 0 Å². The fourth-order valence-corrected chi connectivity index (χ4v) is 3.82. The molecule has 0 saturated carbocycles. The summed E-state index contributed by atoms with van der Waals surface area (Å²) in [6.45, 7) is 1.22. The molecule has 0 aliphatic carbocycles. The predicted octanol–water partition coefficient (Wildman–Crippen LogP) is 3.07. The normalized spacial score (nSPS) is 29.0. The zero-order valence-electron chi connectivity index (χ0n) is 12.2. The number of piperidine rings is 1. The van der Waals surface area contributed by atoms with Crippen molar-refractivity contribution in [3.8, 4) is 0 Å². The maximum Gasteiger partial charge on any atom is 0.194 e. The lowest BCUT2D eigenvalue weighted by molar-refractivity contribution is 0.133.